The number of hydrogen-bond donors (Lipinski definition) is 2. The van der Waals surface area contributed by atoms with Gasteiger partial charge in [0, 0.05) is 23.9 Å². The van der Waals surface area contributed by atoms with Gasteiger partial charge in [-0.15, -0.1) is 0 Å². The lowest BCUT2D eigenvalue weighted by Crippen LogP contribution is -2.33. The molecule has 1 atom stereocenters. The fourth-order valence-electron chi connectivity index (χ4n) is 2.72. The Hall–Kier alpha value is -2.76. The van der Waals surface area contributed by atoms with Crippen molar-refractivity contribution in [3.05, 3.63) is 63.3 Å². The van der Waals surface area contributed by atoms with Crippen molar-refractivity contribution >= 4 is 11.7 Å². The van der Waals surface area contributed by atoms with Crippen molar-refractivity contribution in [3.63, 3.8) is 0 Å². The van der Waals surface area contributed by atoms with E-state index in [1.54, 1.807) is 25.3 Å². The number of aromatic nitrogens is 2. The second kappa shape index (κ2) is 6.16. The molecule has 3 rings (SSSR count). The predicted molar refractivity (Wildman–Crippen MR) is 84.4 cm³/mol. The van der Waals surface area contributed by atoms with E-state index >= 15 is 0 Å². The molecule has 2 aromatic rings. The number of carbonyl (C=O) groups excluding carboxylic acids is 2. The van der Waals surface area contributed by atoms with Crippen molar-refractivity contribution in [1.29, 1.82) is 0 Å². The highest BCUT2D eigenvalue weighted by atomic mass is 16.2. The number of nitrogens with one attached hydrogen (secondary N) is 2. The number of nitrogens with zero attached hydrogens (tertiary/aromatic N) is 1. The molecule has 0 saturated heterocycles. The summed E-state index contributed by atoms with van der Waals surface area (Å²) in [6.07, 6.45) is 3.47. The Morgan fingerprint density at radius 1 is 1.30 bits per heavy atom. The topological polar surface area (TPSA) is 91.9 Å². The van der Waals surface area contributed by atoms with Gasteiger partial charge in [0.25, 0.3) is 11.5 Å². The lowest BCUT2D eigenvalue weighted by Gasteiger charge is -2.16. The number of H-pyrrole nitrogens is 1. The van der Waals surface area contributed by atoms with Gasteiger partial charge < -0.3 is 10.3 Å². The van der Waals surface area contributed by atoms with Gasteiger partial charge in [-0.1, -0.05) is 6.07 Å². The number of hydrogen-bond acceptors (Lipinski definition) is 4. The lowest BCUT2D eigenvalue weighted by molar-refractivity contribution is 0.0937. The molecule has 6 heteroatoms. The molecule has 0 aromatic carbocycles. The zero-order chi connectivity index (χ0) is 16.4. The van der Waals surface area contributed by atoms with Gasteiger partial charge in [0.1, 0.15) is 5.56 Å². The summed E-state index contributed by atoms with van der Waals surface area (Å²) < 4.78 is 0. The fraction of sp³-hybridized carbons (Fsp3) is 0.294. The molecule has 23 heavy (non-hydrogen) atoms. The first-order valence-corrected chi connectivity index (χ1v) is 7.57. The largest absolute Gasteiger partial charge is 0.344 e. The molecule has 1 aliphatic carbocycles. The van der Waals surface area contributed by atoms with E-state index in [1.165, 1.54) is 6.07 Å². The van der Waals surface area contributed by atoms with Gasteiger partial charge in [-0.3, -0.25) is 19.4 Å². The number of pyridine rings is 2. The molecule has 0 aliphatic heterocycles. The number of carbonyl (C=O) groups is 2. The molecule has 0 fully saturated rings. The Morgan fingerprint density at radius 2 is 2.13 bits per heavy atom. The lowest BCUT2D eigenvalue weighted by atomic mass is 9.93. The summed E-state index contributed by atoms with van der Waals surface area (Å²) in [4.78, 5) is 43.3. The molecule has 2 aromatic heterocycles. The van der Waals surface area contributed by atoms with Gasteiger partial charge in [-0.25, -0.2) is 0 Å². The van der Waals surface area contributed by atoms with Crippen LogP contribution in [0.4, 0.5) is 0 Å². The smallest absolute Gasteiger partial charge is 0.261 e. The number of Topliss-reactive ketones (excluding diaryl/α,β-unsaturated/α-hetero) is 1. The van der Waals surface area contributed by atoms with Crippen LogP contribution in [-0.4, -0.2) is 21.7 Å². The van der Waals surface area contributed by atoms with Gasteiger partial charge in [0.05, 0.1) is 11.7 Å². The molecule has 0 saturated carbocycles. The number of aromatic amines is 1. The minimum absolute atomic E-state index is 0.0330. The van der Waals surface area contributed by atoms with Crippen LogP contribution in [-0.2, 0) is 6.42 Å². The maximum absolute atomic E-state index is 12.4. The first-order chi connectivity index (χ1) is 11.1. The second-order valence-corrected chi connectivity index (χ2v) is 5.63. The minimum atomic E-state index is -0.509. The van der Waals surface area contributed by atoms with Crippen molar-refractivity contribution in [2.24, 2.45) is 0 Å². The normalized spacial score (nSPS) is 14.9. The molecule has 0 unspecified atom stereocenters. The van der Waals surface area contributed by atoms with Crippen molar-refractivity contribution in [1.82, 2.24) is 15.3 Å². The van der Waals surface area contributed by atoms with Crippen molar-refractivity contribution in [2.75, 3.05) is 0 Å². The number of ketones is 1. The fourth-order valence-corrected chi connectivity index (χ4v) is 2.72. The van der Waals surface area contributed by atoms with Crippen LogP contribution in [0, 0.1) is 0 Å². The summed E-state index contributed by atoms with van der Waals surface area (Å²) in [6, 6.07) is 6.49. The van der Waals surface area contributed by atoms with Crippen LogP contribution >= 0.6 is 0 Å². The van der Waals surface area contributed by atoms with Crippen LogP contribution in [0.3, 0.4) is 0 Å². The minimum Gasteiger partial charge on any atom is -0.344 e. The van der Waals surface area contributed by atoms with Crippen LogP contribution in [0.25, 0.3) is 0 Å². The Bertz CT molecular complexity index is 812. The van der Waals surface area contributed by atoms with E-state index in [9.17, 15) is 14.4 Å². The number of rotatable bonds is 3. The number of amides is 1. The summed E-state index contributed by atoms with van der Waals surface area (Å²) in [5.74, 6) is -0.542. The molecular formula is C17H17N3O3. The number of aryl methyl sites for hydroxylation is 1. The SMILES string of the molecule is C[C@@H](NC(=O)c1cc2c([nH]c1=O)CCCC2=O)c1ccccn1. The van der Waals surface area contributed by atoms with Crippen molar-refractivity contribution < 1.29 is 9.59 Å². The standard InChI is InChI=1S/C17H17N3O3/c1-10(13-5-2-3-8-18-13)19-16(22)12-9-11-14(20-17(12)23)6-4-7-15(11)21/h2-3,5,8-10H,4,6-7H2,1H3,(H,19,22)(H,20,23)/t10-/m1/s1. The highest BCUT2D eigenvalue weighted by Gasteiger charge is 2.22. The molecule has 6 nitrogen and oxygen atoms in total. The summed E-state index contributed by atoms with van der Waals surface area (Å²) in [6.45, 7) is 1.79. The van der Waals surface area contributed by atoms with Gasteiger partial charge in [0.2, 0.25) is 0 Å². The van der Waals surface area contributed by atoms with Crippen LogP contribution < -0.4 is 10.9 Å². The average molecular weight is 311 g/mol. The quantitative estimate of drug-likeness (QED) is 0.903. The number of fused-ring (bicyclic) bond motifs is 1. The monoisotopic (exact) mass is 311 g/mol. The van der Waals surface area contributed by atoms with E-state index in [1.807, 2.05) is 6.07 Å². The van der Waals surface area contributed by atoms with E-state index in [2.05, 4.69) is 15.3 Å². The highest BCUT2D eigenvalue weighted by molar-refractivity contribution is 6.01. The molecule has 118 valence electrons. The highest BCUT2D eigenvalue weighted by Crippen LogP contribution is 2.19. The van der Waals surface area contributed by atoms with E-state index in [4.69, 9.17) is 0 Å². The summed E-state index contributed by atoms with van der Waals surface area (Å²) >= 11 is 0. The zero-order valence-electron chi connectivity index (χ0n) is 12.8. The first kappa shape index (κ1) is 15.1. The summed E-state index contributed by atoms with van der Waals surface area (Å²) in [5.41, 5.74) is 1.27. The van der Waals surface area contributed by atoms with Crippen molar-refractivity contribution in [2.45, 2.75) is 32.2 Å². The maximum atomic E-state index is 12.4. The summed E-state index contributed by atoms with van der Waals surface area (Å²) in [5, 5.41) is 2.74. The Labute approximate surface area is 133 Å². The van der Waals surface area contributed by atoms with E-state index in [0.29, 0.717) is 29.8 Å². The Morgan fingerprint density at radius 3 is 2.87 bits per heavy atom. The molecule has 0 spiro atoms. The van der Waals surface area contributed by atoms with Crippen molar-refractivity contribution in [3.8, 4) is 0 Å². The molecule has 0 bridgehead atoms. The molecule has 2 heterocycles. The van der Waals surface area contributed by atoms with Gasteiger partial charge in [-0.05, 0) is 38.0 Å². The van der Waals surface area contributed by atoms with Crippen LogP contribution in [0.15, 0.2) is 35.3 Å². The first-order valence-electron chi connectivity index (χ1n) is 7.57. The van der Waals surface area contributed by atoms with E-state index < -0.39 is 11.5 Å². The zero-order valence-corrected chi connectivity index (χ0v) is 12.8. The molecule has 0 radical (unpaired) electrons. The maximum Gasteiger partial charge on any atom is 0.261 e. The molecule has 1 amide bonds. The third kappa shape index (κ3) is 3.06. The second-order valence-electron chi connectivity index (χ2n) is 5.63. The van der Waals surface area contributed by atoms with Gasteiger partial charge >= 0.3 is 0 Å². The summed E-state index contributed by atoms with van der Waals surface area (Å²) in [7, 11) is 0. The van der Waals surface area contributed by atoms with E-state index in [-0.39, 0.29) is 17.4 Å². The van der Waals surface area contributed by atoms with Gasteiger partial charge in [-0.2, -0.15) is 0 Å². The third-order valence-corrected chi connectivity index (χ3v) is 3.98. The van der Waals surface area contributed by atoms with E-state index in [0.717, 1.165) is 6.42 Å². The molecular weight excluding hydrogens is 294 g/mol. The molecule has 1 aliphatic rings. The average Bonchev–Trinajstić information content (AvgIpc) is 2.55. The Balaban J connectivity index is 1.87. The third-order valence-electron chi connectivity index (χ3n) is 3.98. The van der Waals surface area contributed by atoms with Crippen LogP contribution in [0.5, 0.6) is 0 Å². The Kier molecular flexibility index (Phi) is 4.06. The van der Waals surface area contributed by atoms with Crippen LogP contribution in [0.1, 0.15) is 57.9 Å². The molecule has 2 N–H and O–H groups in total. The predicted octanol–water partition coefficient (Wildman–Crippen LogP) is 1.78. The van der Waals surface area contributed by atoms with Gasteiger partial charge in [0.15, 0.2) is 5.78 Å². The van der Waals surface area contributed by atoms with Crippen LogP contribution in [0.2, 0.25) is 0 Å².